The van der Waals surface area contributed by atoms with Crippen LogP contribution in [-0.4, -0.2) is 18.4 Å². The molecule has 0 aliphatic carbocycles. The van der Waals surface area contributed by atoms with Gasteiger partial charge in [-0.2, -0.15) is 0 Å². The first-order valence-electron chi connectivity index (χ1n) is 7.15. The monoisotopic (exact) mass is 331 g/mol. The van der Waals surface area contributed by atoms with Crippen LogP contribution >= 0.6 is 11.6 Å². The summed E-state index contributed by atoms with van der Waals surface area (Å²) in [6.07, 6.45) is 0.235. The number of nitrogens with one attached hydrogen (secondary N) is 2. The van der Waals surface area contributed by atoms with Crippen molar-refractivity contribution in [1.29, 1.82) is 0 Å². The molecule has 23 heavy (non-hydrogen) atoms. The van der Waals surface area contributed by atoms with Crippen LogP contribution in [0.25, 0.3) is 0 Å². The van der Waals surface area contributed by atoms with Crippen LogP contribution in [0.4, 0.5) is 16.2 Å². The first-order valence-corrected chi connectivity index (χ1v) is 7.53. The van der Waals surface area contributed by atoms with E-state index in [2.05, 4.69) is 10.6 Å². The molecule has 0 aliphatic heterocycles. The number of Topliss-reactive ketones (excluding diaryl/α,β-unsaturated/α-hetero) is 1. The Morgan fingerprint density at radius 3 is 2.48 bits per heavy atom. The Morgan fingerprint density at radius 1 is 1.13 bits per heavy atom. The van der Waals surface area contributed by atoms with Gasteiger partial charge in [0.1, 0.15) is 0 Å². The molecule has 0 fully saturated rings. The largest absolute Gasteiger partial charge is 0.398 e. The van der Waals surface area contributed by atoms with E-state index in [0.29, 0.717) is 22.0 Å². The van der Waals surface area contributed by atoms with Gasteiger partial charge in [0.2, 0.25) is 0 Å². The highest BCUT2D eigenvalue weighted by atomic mass is 35.5. The number of anilines is 2. The van der Waals surface area contributed by atoms with E-state index in [1.165, 1.54) is 0 Å². The topological polar surface area (TPSA) is 84.2 Å². The second-order valence-electron chi connectivity index (χ2n) is 5.16. The number of amides is 2. The van der Waals surface area contributed by atoms with Gasteiger partial charge in [0, 0.05) is 24.2 Å². The molecule has 5 nitrogen and oxygen atoms in total. The second-order valence-corrected chi connectivity index (χ2v) is 5.56. The predicted molar refractivity (Wildman–Crippen MR) is 93.0 cm³/mol. The number of carbonyl (C=O) groups excluding carboxylic acids is 2. The van der Waals surface area contributed by atoms with Gasteiger partial charge in [0.25, 0.3) is 0 Å². The highest BCUT2D eigenvalue weighted by Crippen LogP contribution is 2.22. The van der Waals surface area contributed by atoms with Crippen LogP contribution in [0, 0.1) is 6.92 Å². The Labute approximate surface area is 139 Å². The summed E-state index contributed by atoms with van der Waals surface area (Å²) in [6.45, 7) is 2.21. The lowest BCUT2D eigenvalue weighted by molar-refractivity contribution is 0.0984. The van der Waals surface area contributed by atoms with Crippen molar-refractivity contribution in [1.82, 2.24) is 5.32 Å². The number of benzene rings is 2. The van der Waals surface area contributed by atoms with E-state index in [0.717, 1.165) is 5.56 Å². The molecule has 0 aromatic heterocycles. The maximum atomic E-state index is 12.0. The van der Waals surface area contributed by atoms with Gasteiger partial charge in [-0.05, 0) is 25.1 Å². The standard InChI is InChI=1S/C17H18ClN3O2/c1-11-2-4-12(5-3-11)16(22)8-9-20-17(23)21-13-6-7-15(19)14(18)10-13/h2-7,10H,8-9,19H2,1H3,(H2,20,21,23). The molecule has 0 saturated heterocycles. The SMILES string of the molecule is Cc1ccc(C(=O)CCNC(=O)Nc2ccc(N)c(Cl)c2)cc1. The van der Waals surface area contributed by atoms with E-state index in [1.54, 1.807) is 30.3 Å². The Balaban J connectivity index is 1.79. The number of halogens is 1. The zero-order chi connectivity index (χ0) is 16.8. The first-order chi connectivity index (χ1) is 11.0. The molecule has 2 aromatic rings. The number of ketones is 1. The molecule has 0 aliphatic rings. The first kappa shape index (κ1) is 16.8. The van der Waals surface area contributed by atoms with Gasteiger partial charge < -0.3 is 16.4 Å². The fourth-order valence-corrected chi connectivity index (χ4v) is 2.13. The highest BCUT2D eigenvalue weighted by molar-refractivity contribution is 6.33. The maximum Gasteiger partial charge on any atom is 0.319 e. The number of carbonyl (C=O) groups is 2. The van der Waals surface area contributed by atoms with Crippen LogP contribution in [0.15, 0.2) is 42.5 Å². The second kappa shape index (κ2) is 7.65. The van der Waals surface area contributed by atoms with Gasteiger partial charge in [0.05, 0.1) is 10.7 Å². The summed E-state index contributed by atoms with van der Waals surface area (Å²) < 4.78 is 0. The molecule has 2 rings (SSSR count). The minimum Gasteiger partial charge on any atom is -0.398 e. The van der Waals surface area contributed by atoms with Crippen molar-refractivity contribution in [2.45, 2.75) is 13.3 Å². The van der Waals surface area contributed by atoms with Crippen LogP contribution in [0.1, 0.15) is 22.3 Å². The van der Waals surface area contributed by atoms with E-state index in [4.69, 9.17) is 17.3 Å². The molecule has 2 aromatic carbocycles. The molecule has 120 valence electrons. The predicted octanol–water partition coefficient (Wildman–Crippen LogP) is 3.63. The summed E-state index contributed by atoms with van der Waals surface area (Å²) in [4.78, 5) is 23.7. The van der Waals surface area contributed by atoms with Crippen molar-refractivity contribution in [3.63, 3.8) is 0 Å². The van der Waals surface area contributed by atoms with E-state index in [9.17, 15) is 9.59 Å². The number of rotatable bonds is 5. The number of aryl methyl sites for hydroxylation is 1. The van der Waals surface area contributed by atoms with Crippen LogP contribution in [-0.2, 0) is 0 Å². The minimum absolute atomic E-state index is 0.0131. The summed E-state index contributed by atoms with van der Waals surface area (Å²) in [6, 6.07) is 11.8. The van der Waals surface area contributed by atoms with Crippen LogP contribution in [0.2, 0.25) is 5.02 Å². The number of hydrogen-bond donors (Lipinski definition) is 3. The molecule has 2 amide bonds. The molecule has 0 heterocycles. The van der Waals surface area contributed by atoms with Crippen LogP contribution in [0.5, 0.6) is 0 Å². The van der Waals surface area contributed by atoms with Crippen LogP contribution in [0.3, 0.4) is 0 Å². The van der Waals surface area contributed by atoms with Crippen LogP contribution < -0.4 is 16.4 Å². The lowest BCUT2D eigenvalue weighted by Gasteiger charge is -2.08. The average molecular weight is 332 g/mol. The van der Waals surface area contributed by atoms with Crippen molar-refractivity contribution >= 4 is 34.8 Å². The van der Waals surface area contributed by atoms with Crippen molar-refractivity contribution in [3.05, 3.63) is 58.6 Å². The summed E-state index contributed by atoms with van der Waals surface area (Å²) in [5.74, 6) is -0.0131. The van der Waals surface area contributed by atoms with Gasteiger partial charge in [0.15, 0.2) is 5.78 Å². The smallest absolute Gasteiger partial charge is 0.319 e. The van der Waals surface area contributed by atoms with Gasteiger partial charge >= 0.3 is 6.03 Å². The highest BCUT2D eigenvalue weighted by Gasteiger charge is 2.07. The quantitative estimate of drug-likeness (QED) is 0.578. The summed E-state index contributed by atoms with van der Waals surface area (Å²) in [5.41, 5.74) is 8.32. The molecule has 4 N–H and O–H groups in total. The Kier molecular flexibility index (Phi) is 5.60. The molecule has 6 heteroatoms. The van der Waals surface area contributed by atoms with Gasteiger partial charge in [-0.15, -0.1) is 0 Å². The third-order valence-corrected chi connectivity index (χ3v) is 3.60. The molecule has 0 bridgehead atoms. The summed E-state index contributed by atoms with van der Waals surface area (Å²) in [5, 5.41) is 5.63. The lowest BCUT2D eigenvalue weighted by Crippen LogP contribution is -2.30. The Morgan fingerprint density at radius 2 is 1.83 bits per heavy atom. The Hall–Kier alpha value is -2.53. The average Bonchev–Trinajstić information content (AvgIpc) is 2.51. The van der Waals surface area contributed by atoms with E-state index >= 15 is 0 Å². The number of urea groups is 1. The maximum absolute atomic E-state index is 12.0. The fourth-order valence-electron chi connectivity index (χ4n) is 1.95. The molecular weight excluding hydrogens is 314 g/mol. The van der Waals surface area contributed by atoms with Gasteiger partial charge in [-0.3, -0.25) is 4.79 Å². The van der Waals surface area contributed by atoms with E-state index in [1.807, 2.05) is 19.1 Å². The fraction of sp³-hybridized carbons (Fsp3) is 0.176. The van der Waals surface area contributed by atoms with Gasteiger partial charge in [-0.25, -0.2) is 4.79 Å². The Bertz CT molecular complexity index is 714. The van der Waals surface area contributed by atoms with Crippen molar-refractivity contribution < 1.29 is 9.59 Å². The number of nitrogen functional groups attached to an aromatic ring is 1. The van der Waals surface area contributed by atoms with E-state index in [-0.39, 0.29) is 18.7 Å². The third-order valence-electron chi connectivity index (χ3n) is 3.27. The third kappa shape index (κ3) is 5.00. The summed E-state index contributed by atoms with van der Waals surface area (Å²) >= 11 is 5.88. The number of hydrogen-bond acceptors (Lipinski definition) is 3. The molecule has 0 atom stereocenters. The van der Waals surface area contributed by atoms with E-state index < -0.39 is 6.03 Å². The molecule has 0 saturated carbocycles. The summed E-state index contributed by atoms with van der Waals surface area (Å²) in [7, 11) is 0. The van der Waals surface area contributed by atoms with Crippen molar-refractivity contribution in [2.75, 3.05) is 17.6 Å². The molecule has 0 radical (unpaired) electrons. The zero-order valence-corrected chi connectivity index (χ0v) is 13.5. The van der Waals surface area contributed by atoms with Gasteiger partial charge in [-0.1, -0.05) is 41.4 Å². The minimum atomic E-state index is -0.400. The normalized spacial score (nSPS) is 10.2. The zero-order valence-electron chi connectivity index (χ0n) is 12.7. The van der Waals surface area contributed by atoms with Crippen molar-refractivity contribution in [3.8, 4) is 0 Å². The number of nitrogens with two attached hydrogens (primary N) is 1. The lowest BCUT2D eigenvalue weighted by atomic mass is 10.1. The molecular formula is C17H18ClN3O2. The van der Waals surface area contributed by atoms with Crippen molar-refractivity contribution in [2.24, 2.45) is 0 Å². The molecule has 0 spiro atoms. The molecule has 0 unspecified atom stereocenters.